The van der Waals surface area contributed by atoms with E-state index in [4.69, 9.17) is 5.73 Å². The number of aromatic nitrogens is 1. The summed E-state index contributed by atoms with van der Waals surface area (Å²) in [5.41, 5.74) is 10.8. The molecule has 0 fully saturated rings. The minimum Gasteiger partial charge on any atom is -0.397 e. The van der Waals surface area contributed by atoms with E-state index in [0.717, 1.165) is 12.1 Å². The van der Waals surface area contributed by atoms with Crippen molar-refractivity contribution in [1.82, 2.24) is 4.57 Å². The molecule has 1 aromatic heterocycles. The molecule has 2 rings (SSSR count). The van der Waals surface area contributed by atoms with Crippen LogP contribution in [0.15, 0.2) is 30.3 Å². The molecular formula is C15H17N3. The summed E-state index contributed by atoms with van der Waals surface area (Å²) in [5, 5.41) is 9.17. The average Bonchev–Trinajstić information content (AvgIpc) is 2.67. The van der Waals surface area contributed by atoms with E-state index < -0.39 is 0 Å². The second kappa shape index (κ2) is 4.97. The molecule has 92 valence electrons. The van der Waals surface area contributed by atoms with E-state index in [0.29, 0.717) is 17.9 Å². The SMILES string of the molecule is CCc1c(N)cc(C#N)n1Cc1ccccc1C. The van der Waals surface area contributed by atoms with Crippen LogP contribution < -0.4 is 5.73 Å². The molecule has 1 heterocycles. The van der Waals surface area contributed by atoms with E-state index in [1.54, 1.807) is 6.07 Å². The predicted octanol–water partition coefficient (Wildman–Crippen LogP) is 2.86. The molecule has 0 radical (unpaired) electrons. The Hall–Kier alpha value is -2.21. The van der Waals surface area contributed by atoms with Gasteiger partial charge in [0.1, 0.15) is 11.8 Å². The maximum Gasteiger partial charge on any atom is 0.122 e. The van der Waals surface area contributed by atoms with Gasteiger partial charge >= 0.3 is 0 Å². The van der Waals surface area contributed by atoms with Gasteiger partial charge in [-0.25, -0.2) is 0 Å². The van der Waals surface area contributed by atoms with E-state index in [1.165, 1.54) is 11.1 Å². The molecule has 0 spiro atoms. The highest BCUT2D eigenvalue weighted by Crippen LogP contribution is 2.21. The molecule has 18 heavy (non-hydrogen) atoms. The number of nitrogens with two attached hydrogens (primary N) is 1. The van der Waals surface area contributed by atoms with Crippen molar-refractivity contribution in [2.75, 3.05) is 5.73 Å². The molecule has 0 aliphatic rings. The second-order valence-corrected chi connectivity index (χ2v) is 4.41. The van der Waals surface area contributed by atoms with Crippen LogP contribution in [-0.4, -0.2) is 4.57 Å². The summed E-state index contributed by atoms with van der Waals surface area (Å²) in [6.07, 6.45) is 0.833. The van der Waals surface area contributed by atoms with Gasteiger partial charge in [-0.05, 0) is 30.5 Å². The number of nitrogen functional groups attached to an aromatic ring is 1. The molecule has 0 unspecified atom stereocenters. The largest absolute Gasteiger partial charge is 0.397 e. The van der Waals surface area contributed by atoms with Crippen molar-refractivity contribution in [3.8, 4) is 6.07 Å². The van der Waals surface area contributed by atoms with Crippen LogP contribution in [-0.2, 0) is 13.0 Å². The zero-order valence-electron chi connectivity index (χ0n) is 10.8. The van der Waals surface area contributed by atoms with Crippen molar-refractivity contribution >= 4 is 5.69 Å². The minimum atomic E-state index is 0.632. The number of rotatable bonds is 3. The van der Waals surface area contributed by atoms with Gasteiger partial charge in [0.2, 0.25) is 0 Å². The van der Waals surface area contributed by atoms with Crippen LogP contribution >= 0.6 is 0 Å². The Kier molecular flexibility index (Phi) is 3.38. The molecule has 0 saturated carbocycles. The van der Waals surface area contributed by atoms with Gasteiger partial charge in [0, 0.05) is 12.2 Å². The Morgan fingerprint density at radius 2 is 2.06 bits per heavy atom. The molecular weight excluding hydrogens is 222 g/mol. The maximum absolute atomic E-state index is 9.17. The van der Waals surface area contributed by atoms with Gasteiger partial charge in [0.25, 0.3) is 0 Å². The number of benzene rings is 1. The second-order valence-electron chi connectivity index (χ2n) is 4.41. The molecule has 0 atom stereocenters. The normalized spacial score (nSPS) is 10.3. The highest BCUT2D eigenvalue weighted by atomic mass is 15.0. The monoisotopic (exact) mass is 239 g/mol. The lowest BCUT2D eigenvalue weighted by atomic mass is 10.1. The maximum atomic E-state index is 9.17. The molecule has 2 N–H and O–H groups in total. The van der Waals surface area contributed by atoms with Crippen LogP contribution in [0.2, 0.25) is 0 Å². The first-order chi connectivity index (χ1) is 8.67. The molecule has 0 aliphatic heterocycles. The molecule has 3 nitrogen and oxygen atoms in total. The molecule has 1 aromatic carbocycles. The summed E-state index contributed by atoms with van der Waals surface area (Å²) in [4.78, 5) is 0. The molecule has 0 amide bonds. The number of nitrogens with zero attached hydrogens (tertiary/aromatic N) is 2. The number of hydrogen-bond acceptors (Lipinski definition) is 2. The molecule has 0 bridgehead atoms. The van der Waals surface area contributed by atoms with Gasteiger partial charge in [-0.3, -0.25) is 0 Å². The summed E-state index contributed by atoms with van der Waals surface area (Å²) in [6, 6.07) is 12.2. The lowest BCUT2D eigenvalue weighted by Crippen LogP contribution is -2.08. The molecule has 0 saturated heterocycles. The fraction of sp³-hybridized carbons (Fsp3) is 0.267. The summed E-state index contributed by atoms with van der Waals surface area (Å²) >= 11 is 0. The highest BCUT2D eigenvalue weighted by molar-refractivity contribution is 5.51. The third-order valence-electron chi connectivity index (χ3n) is 3.28. The predicted molar refractivity (Wildman–Crippen MR) is 73.2 cm³/mol. The van der Waals surface area contributed by atoms with Crippen LogP contribution in [0.4, 0.5) is 5.69 Å². The summed E-state index contributed by atoms with van der Waals surface area (Å²) < 4.78 is 2.01. The Labute approximate surface area is 107 Å². The zero-order chi connectivity index (χ0) is 13.1. The van der Waals surface area contributed by atoms with E-state index in [1.807, 2.05) is 16.7 Å². The topological polar surface area (TPSA) is 54.7 Å². The van der Waals surface area contributed by atoms with E-state index in [-0.39, 0.29) is 0 Å². The van der Waals surface area contributed by atoms with Crippen LogP contribution in [0, 0.1) is 18.3 Å². The summed E-state index contributed by atoms with van der Waals surface area (Å²) in [7, 11) is 0. The van der Waals surface area contributed by atoms with Gasteiger partial charge in [-0.15, -0.1) is 0 Å². The number of aryl methyl sites for hydroxylation is 1. The van der Waals surface area contributed by atoms with Crippen LogP contribution in [0.25, 0.3) is 0 Å². The first-order valence-corrected chi connectivity index (χ1v) is 6.09. The fourth-order valence-electron chi connectivity index (χ4n) is 2.24. The molecule has 2 aromatic rings. The zero-order valence-corrected chi connectivity index (χ0v) is 10.8. The van der Waals surface area contributed by atoms with Gasteiger partial charge in [-0.2, -0.15) is 5.26 Å². The highest BCUT2D eigenvalue weighted by Gasteiger charge is 2.12. The van der Waals surface area contributed by atoms with Crippen molar-refractivity contribution in [1.29, 1.82) is 5.26 Å². The lowest BCUT2D eigenvalue weighted by Gasteiger charge is -2.12. The van der Waals surface area contributed by atoms with Crippen molar-refractivity contribution in [2.24, 2.45) is 0 Å². The van der Waals surface area contributed by atoms with Crippen molar-refractivity contribution in [3.63, 3.8) is 0 Å². The summed E-state index contributed by atoms with van der Waals surface area (Å²) in [5.74, 6) is 0. The quantitative estimate of drug-likeness (QED) is 0.895. The number of anilines is 1. The average molecular weight is 239 g/mol. The molecule has 0 aliphatic carbocycles. The van der Waals surface area contributed by atoms with E-state index >= 15 is 0 Å². The van der Waals surface area contributed by atoms with Gasteiger partial charge in [0.05, 0.1) is 5.69 Å². The first kappa shape index (κ1) is 12.3. The summed E-state index contributed by atoms with van der Waals surface area (Å²) in [6.45, 7) is 4.84. The fourth-order valence-corrected chi connectivity index (χ4v) is 2.24. The van der Waals surface area contributed by atoms with Crippen LogP contribution in [0.5, 0.6) is 0 Å². The van der Waals surface area contributed by atoms with Gasteiger partial charge in [-0.1, -0.05) is 31.2 Å². The first-order valence-electron chi connectivity index (χ1n) is 6.09. The Morgan fingerprint density at radius 1 is 1.33 bits per heavy atom. The van der Waals surface area contributed by atoms with Crippen molar-refractivity contribution in [2.45, 2.75) is 26.8 Å². The Balaban J connectivity index is 2.46. The smallest absolute Gasteiger partial charge is 0.122 e. The number of hydrogen-bond donors (Lipinski definition) is 1. The van der Waals surface area contributed by atoms with E-state index in [9.17, 15) is 5.26 Å². The number of nitriles is 1. The Morgan fingerprint density at radius 3 is 2.67 bits per heavy atom. The van der Waals surface area contributed by atoms with Gasteiger partial charge in [0.15, 0.2) is 0 Å². The minimum absolute atomic E-state index is 0.632. The van der Waals surface area contributed by atoms with Crippen LogP contribution in [0.3, 0.4) is 0 Å². The molecule has 3 heteroatoms. The van der Waals surface area contributed by atoms with Crippen molar-refractivity contribution < 1.29 is 0 Å². The van der Waals surface area contributed by atoms with Crippen LogP contribution in [0.1, 0.15) is 29.4 Å². The Bertz CT molecular complexity index is 603. The lowest BCUT2D eigenvalue weighted by molar-refractivity contribution is 0.739. The third kappa shape index (κ3) is 2.10. The third-order valence-corrected chi connectivity index (χ3v) is 3.28. The van der Waals surface area contributed by atoms with Gasteiger partial charge < -0.3 is 10.3 Å². The van der Waals surface area contributed by atoms with Crippen molar-refractivity contribution in [3.05, 3.63) is 52.8 Å². The standard InChI is InChI=1S/C15H17N3/c1-3-15-14(17)8-13(9-16)18(15)10-12-7-5-4-6-11(12)2/h4-8H,3,10,17H2,1-2H3. The van der Waals surface area contributed by atoms with E-state index in [2.05, 4.69) is 32.0 Å².